The number of rotatable bonds is 13. The van der Waals surface area contributed by atoms with E-state index >= 15 is 8.78 Å². The van der Waals surface area contributed by atoms with Crippen LogP contribution in [0.5, 0.6) is 17.2 Å². The van der Waals surface area contributed by atoms with E-state index in [2.05, 4.69) is 6.92 Å². The molecule has 0 amide bonds. The summed E-state index contributed by atoms with van der Waals surface area (Å²) in [6, 6.07) is 21.6. The molecule has 0 aliphatic heterocycles. The molecule has 39 heavy (non-hydrogen) atoms. The lowest BCUT2D eigenvalue weighted by Crippen LogP contribution is -2.00. The maximum Gasteiger partial charge on any atom is 0.168 e. The molecule has 0 aromatic heterocycles. The van der Waals surface area contributed by atoms with Crippen molar-refractivity contribution in [3.63, 3.8) is 0 Å². The molecule has 4 rings (SSSR count). The van der Waals surface area contributed by atoms with E-state index in [9.17, 15) is 4.39 Å². The Morgan fingerprint density at radius 1 is 0.564 bits per heavy atom. The highest BCUT2D eigenvalue weighted by atomic mass is 19.2. The summed E-state index contributed by atoms with van der Waals surface area (Å²) < 4.78 is 61.2. The maximum atomic E-state index is 15.1. The summed E-state index contributed by atoms with van der Waals surface area (Å²) in [7, 11) is 0. The largest absolute Gasteiger partial charge is 0.494 e. The van der Waals surface area contributed by atoms with Crippen LogP contribution in [-0.4, -0.2) is 13.2 Å². The molecule has 3 nitrogen and oxygen atoms in total. The predicted molar refractivity (Wildman–Crippen MR) is 149 cm³/mol. The van der Waals surface area contributed by atoms with Crippen LogP contribution in [-0.2, 0) is 6.61 Å². The summed E-state index contributed by atoms with van der Waals surface area (Å²) in [4.78, 5) is 0. The van der Waals surface area contributed by atoms with Gasteiger partial charge in [-0.3, -0.25) is 0 Å². The van der Waals surface area contributed by atoms with E-state index in [0.29, 0.717) is 35.8 Å². The van der Waals surface area contributed by atoms with E-state index in [1.165, 1.54) is 6.07 Å². The zero-order valence-corrected chi connectivity index (χ0v) is 22.3. The Morgan fingerprint density at radius 2 is 1.10 bits per heavy atom. The highest BCUT2D eigenvalue weighted by Crippen LogP contribution is 2.32. The number of benzene rings is 4. The van der Waals surface area contributed by atoms with E-state index in [1.54, 1.807) is 72.8 Å². The van der Waals surface area contributed by atoms with Gasteiger partial charge < -0.3 is 14.2 Å². The Kier molecular flexibility index (Phi) is 9.90. The van der Waals surface area contributed by atoms with Crippen LogP contribution >= 0.6 is 0 Å². The highest BCUT2D eigenvalue weighted by Gasteiger charge is 2.16. The molecular formula is C33H33F3O3. The second kappa shape index (κ2) is 13.7. The second-order valence-electron chi connectivity index (χ2n) is 9.29. The van der Waals surface area contributed by atoms with Gasteiger partial charge >= 0.3 is 0 Å². The Morgan fingerprint density at radius 3 is 1.67 bits per heavy atom. The SMILES string of the molecule is CCCCOc1ccc(-c2ccc(-c3ccc(COc4ccc(OCCCC)c(F)c4)cc3)c(F)c2F)cc1. The Balaban J connectivity index is 1.40. The molecule has 0 spiro atoms. The lowest BCUT2D eigenvalue weighted by molar-refractivity contribution is 0.286. The molecule has 4 aromatic carbocycles. The van der Waals surface area contributed by atoms with Gasteiger partial charge in [-0.15, -0.1) is 0 Å². The average molecular weight is 535 g/mol. The van der Waals surface area contributed by atoms with Crippen molar-refractivity contribution >= 4 is 0 Å². The van der Waals surface area contributed by atoms with Gasteiger partial charge in [0.25, 0.3) is 0 Å². The molecule has 0 saturated carbocycles. The molecule has 4 aromatic rings. The summed E-state index contributed by atoms with van der Waals surface area (Å²) in [6.45, 7) is 5.42. The fraction of sp³-hybridized carbons (Fsp3) is 0.273. The van der Waals surface area contributed by atoms with Crippen LogP contribution in [0.4, 0.5) is 13.2 Å². The van der Waals surface area contributed by atoms with E-state index in [1.807, 2.05) is 6.92 Å². The van der Waals surface area contributed by atoms with Crippen LogP contribution in [0.1, 0.15) is 45.1 Å². The molecule has 0 aliphatic carbocycles. The van der Waals surface area contributed by atoms with Crippen molar-refractivity contribution in [2.75, 3.05) is 13.2 Å². The molecule has 0 aliphatic rings. The maximum absolute atomic E-state index is 15.1. The van der Waals surface area contributed by atoms with Gasteiger partial charge in [-0.25, -0.2) is 13.2 Å². The third kappa shape index (κ3) is 7.34. The molecule has 0 heterocycles. The van der Waals surface area contributed by atoms with Gasteiger partial charge in [-0.05, 0) is 53.8 Å². The van der Waals surface area contributed by atoms with Gasteiger partial charge in [0.15, 0.2) is 23.2 Å². The lowest BCUT2D eigenvalue weighted by atomic mass is 9.98. The molecule has 0 unspecified atom stereocenters. The normalized spacial score (nSPS) is 10.9. The van der Waals surface area contributed by atoms with E-state index < -0.39 is 17.5 Å². The van der Waals surface area contributed by atoms with Crippen molar-refractivity contribution in [1.29, 1.82) is 0 Å². The number of hydrogen-bond donors (Lipinski definition) is 0. The smallest absolute Gasteiger partial charge is 0.168 e. The molecule has 0 saturated heterocycles. The molecule has 6 heteroatoms. The van der Waals surface area contributed by atoms with Crippen molar-refractivity contribution in [2.24, 2.45) is 0 Å². The lowest BCUT2D eigenvalue weighted by Gasteiger charge is -2.12. The first-order chi connectivity index (χ1) is 19.0. The van der Waals surface area contributed by atoms with Gasteiger partial charge in [0.2, 0.25) is 0 Å². The van der Waals surface area contributed by atoms with E-state index in [4.69, 9.17) is 14.2 Å². The number of ether oxygens (including phenoxy) is 3. The minimum Gasteiger partial charge on any atom is -0.494 e. The average Bonchev–Trinajstić information content (AvgIpc) is 2.95. The third-order valence-corrected chi connectivity index (χ3v) is 6.34. The molecule has 0 N–H and O–H groups in total. The minimum absolute atomic E-state index is 0.170. The quantitative estimate of drug-likeness (QED) is 0.160. The van der Waals surface area contributed by atoms with Crippen LogP contribution in [0.3, 0.4) is 0 Å². The van der Waals surface area contributed by atoms with Crippen molar-refractivity contribution in [3.05, 3.63) is 102 Å². The molecule has 0 atom stereocenters. The van der Waals surface area contributed by atoms with Gasteiger partial charge in [0.1, 0.15) is 18.1 Å². The zero-order chi connectivity index (χ0) is 27.6. The Labute approximate surface area is 228 Å². The van der Waals surface area contributed by atoms with Crippen molar-refractivity contribution in [2.45, 2.75) is 46.1 Å². The number of unbranched alkanes of at least 4 members (excludes halogenated alkanes) is 2. The van der Waals surface area contributed by atoms with Gasteiger partial charge in [0, 0.05) is 17.2 Å². The van der Waals surface area contributed by atoms with Crippen LogP contribution in [0.2, 0.25) is 0 Å². The van der Waals surface area contributed by atoms with Crippen LogP contribution in [0.15, 0.2) is 78.9 Å². The standard InChI is InChI=1S/C33H33F3O3/c1-3-5-19-37-26-13-11-25(12-14-26)29-17-16-28(32(35)33(29)36)24-9-7-23(8-10-24)22-39-27-15-18-31(30(34)21-27)38-20-6-4-2/h7-18,21H,3-6,19-20,22H2,1-2H3. The molecule has 0 bridgehead atoms. The summed E-state index contributed by atoms with van der Waals surface area (Å²) in [5.41, 5.74) is 2.28. The molecule has 0 fully saturated rings. The summed E-state index contributed by atoms with van der Waals surface area (Å²) in [6.07, 6.45) is 3.83. The fourth-order valence-electron chi connectivity index (χ4n) is 4.02. The minimum atomic E-state index is -0.906. The fourth-order valence-corrected chi connectivity index (χ4v) is 4.02. The number of hydrogen-bond acceptors (Lipinski definition) is 3. The first-order valence-electron chi connectivity index (χ1n) is 13.4. The predicted octanol–water partition coefficient (Wildman–Crippen LogP) is 9.37. The molecule has 0 radical (unpaired) electrons. The van der Waals surface area contributed by atoms with Crippen molar-refractivity contribution < 1.29 is 27.4 Å². The van der Waals surface area contributed by atoms with Crippen molar-refractivity contribution in [1.82, 2.24) is 0 Å². The second-order valence-corrected chi connectivity index (χ2v) is 9.29. The first kappa shape index (κ1) is 28.1. The van der Waals surface area contributed by atoms with Crippen LogP contribution < -0.4 is 14.2 Å². The third-order valence-electron chi connectivity index (χ3n) is 6.34. The molecule has 204 valence electrons. The van der Waals surface area contributed by atoms with Crippen LogP contribution in [0, 0.1) is 17.5 Å². The summed E-state index contributed by atoms with van der Waals surface area (Å²) in [5, 5.41) is 0. The van der Waals surface area contributed by atoms with Crippen LogP contribution in [0.25, 0.3) is 22.3 Å². The molecular weight excluding hydrogens is 501 g/mol. The Hall–Kier alpha value is -3.93. The van der Waals surface area contributed by atoms with E-state index in [0.717, 1.165) is 31.2 Å². The van der Waals surface area contributed by atoms with E-state index in [-0.39, 0.29) is 23.5 Å². The highest BCUT2D eigenvalue weighted by molar-refractivity contribution is 5.72. The van der Waals surface area contributed by atoms with Gasteiger partial charge in [-0.1, -0.05) is 75.2 Å². The zero-order valence-electron chi connectivity index (χ0n) is 22.3. The van der Waals surface area contributed by atoms with Gasteiger partial charge in [-0.2, -0.15) is 0 Å². The summed E-state index contributed by atoms with van der Waals surface area (Å²) in [5.74, 6) is -0.999. The van der Waals surface area contributed by atoms with Gasteiger partial charge in [0.05, 0.1) is 13.2 Å². The van der Waals surface area contributed by atoms with Crippen molar-refractivity contribution in [3.8, 4) is 39.5 Å². The topological polar surface area (TPSA) is 27.7 Å². The number of halogens is 3. The summed E-state index contributed by atoms with van der Waals surface area (Å²) >= 11 is 0. The monoisotopic (exact) mass is 534 g/mol. The first-order valence-corrected chi connectivity index (χ1v) is 13.4. The Bertz CT molecular complexity index is 1350.